The van der Waals surface area contributed by atoms with Crippen LogP contribution < -0.4 is 22.0 Å². The summed E-state index contributed by atoms with van der Waals surface area (Å²) < 4.78 is 1.63. The Hall–Kier alpha value is -1.78. The molecule has 1 aromatic carbocycles. The van der Waals surface area contributed by atoms with E-state index in [1.54, 1.807) is 22.8 Å². The molecule has 0 bridgehead atoms. The van der Waals surface area contributed by atoms with Gasteiger partial charge in [0, 0.05) is 42.8 Å². The van der Waals surface area contributed by atoms with Crippen molar-refractivity contribution in [3.63, 3.8) is 0 Å². The highest BCUT2D eigenvalue weighted by Gasteiger charge is 2.31. The maximum absolute atomic E-state index is 12.9. The van der Waals surface area contributed by atoms with Gasteiger partial charge in [0.1, 0.15) is 11.7 Å². The third-order valence-corrected chi connectivity index (χ3v) is 6.37. The van der Waals surface area contributed by atoms with Gasteiger partial charge in [-0.25, -0.2) is 4.79 Å². The number of piperidine rings is 2. The van der Waals surface area contributed by atoms with E-state index < -0.39 is 5.69 Å². The maximum atomic E-state index is 12.9. The van der Waals surface area contributed by atoms with Gasteiger partial charge < -0.3 is 16.7 Å². The van der Waals surface area contributed by atoms with Gasteiger partial charge in [-0.15, -0.1) is 0 Å². The van der Waals surface area contributed by atoms with Crippen molar-refractivity contribution in [2.45, 2.75) is 43.9 Å². The fourth-order valence-electron chi connectivity index (χ4n) is 4.37. The van der Waals surface area contributed by atoms with Crippen molar-refractivity contribution in [3.8, 4) is 0 Å². The monoisotopic (exact) mass is 421 g/mol. The molecule has 2 aromatic rings. The Kier molecular flexibility index (Phi) is 6.03. The van der Waals surface area contributed by atoms with Crippen LogP contribution in [0.2, 0.25) is 5.02 Å². The predicted octanol–water partition coefficient (Wildman–Crippen LogP) is 0.0281. The minimum Gasteiger partial charge on any atom is -0.594 e. The van der Waals surface area contributed by atoms with Gasteiger partial charge in [-0.3, -0.25) is 14.4 Å². The smallest absolute Gasteiger partial charge is 0.411 e. The topological polar surface area (TPSA) is 120 Å². The molecule has 1 atom stereocenters. The Balaban J connectivity index is 1.76. The summed E-state index contributed by atoms with van der Waals surface area (Å²) in [4.78, 5) is 17.9. The van der Waals surface area contributed by atoms with Crippen LogP contribution in [0.15, 0.2) is 23.0 Å². The molecule has 2 aliphatic rings. The zero-order chi connectivity index (χ0) is 20.5. The first-order valence-corrected chi connectivity index (χ1v) is 10.6. The Morgan fingerprint density at radius 2 is 1.76 bits per heavy atom. The summed E-state index contributed by atoms with van der Waals surface area (Å²) in [6.45, 7) is 4.02. The lowest BCUT2D eigenvalue weighted by Gasteiger charge is -2.41. The van der Waals surface area contributed by atoms with E-state index in [1.165, 1.54) is 0 Å². The molecular formula is C19H28ClN7O2. The van der Waals surface area contributed by atoms with Gasteiger partial charge in [0.15, 0.2) is 0 Å². The van der Waals surface area contributed by atoms with Gasteiger partial charge in [0.05, 0.1) is 5.10 Å². The van der Waals surface area contributed by atoms with Crippen LogP contribution in [0.25, 0.3) is 11.0 Å². The van der Waals surface area contributed by atoms with Crippen LogP contribution in [0.4, 0.5) is 0 Å². The number of rotatable bonds is 4. The van der Waals surface area contributed by atoms with Crippen LogP contribution >= 0.6 is 11.6 Å². The SMILES string of the molecule is NC1CCN(CC(N2CCC(N)CC2)n2c(=O)n[n+]([O-])c3ccc(Cl)cc32)CC1. The Bertz CT molecular complexity index is 921. The lowest BCUT2D eigenvalue weighted by Crippen LogP contribution is -2.53. The molecule has 0 spiro atoms. The van der Waals surface area contributed by atoms with Crippen LogP contribution in [0.5, 0.6) is 0 Å². The van der Waals surface area contributed by atoms with Crippen molar-refractivity contribution in [2.24, 2.45) is 11.5 Å². The van der Waals surface area contributed by atoms with Gasteiger partial charge in [-0.1, -0.05) is 11.6 Å². The molecule has 10 heteroatoms. The molecule has 1 unspecified atom stereocenters. The molecule has 158 valence electrons. The number of hydrogen-bond acceptors (Lipinski definition) is 7. The first kappa shape index (κ1) is 20.5. The van der Waals surface area contributed by atoms with E-state index in [4.69, 9.17) is 23.1 Å². The molecule has 2 aliphatic heterocycles. The van der Waals surface area contributed by atoms with Crippen LogP contribution in [0.1, 0.15) is 31.8 Å². The number of benzene rings is 1. The number of hydrogen-bond donors (Lipinski definition) is 2. The van der Waals surface area contributed by atoms with Crippen LogP contribution in [0.3, 0.4) is 0 Å². The minimum absolute atomic E-state index is 0.181. The van der Waals surface area contributed by atoms with Crippen molar-refractivity contribution in [2.75, 3.05) is 32.7 Å². The Labute approximate surface area is 174 Å². The molecule has 4 rings (SSSR count). The highest BCUT2D eigenvalue weighted by Crippen LogP contribution is 2.25. The van der Waals surface area contributed by atoms with E-state index in [2.05, 4.69) is 14.9 Å². The molecule has 29 heavy (non-hydrogen) atoms. The van der Waals surface area contributed by atoms with Gasteiger partial charge >= 0.3 is 5.69 Å². The van der Waals surface area contributed by atoms with Crippen molar-refractivity contribution < 1.29 is 4.85 Å². The second kappa shape index (κ2) is 8.53. The maximum Gasteiger partial charge on any atom is 0.411 e. The number of nitrogens with zero attached hydrogens (tertiary/aromatic N) is 5. The molecule has 4 N–H and O–H groups in total. The third kappa shape index (κ3) is 4.39. The normalized spacial score (nSPS) is 21.6. The van der Waals surface area contributed by atoms with Gasteiger partial charge in [0.2, 0.25) is 0 Å². The van der Waals surface area contributed by atoms with Crippen LogP contribution in [0, 0.1) is 5.21 Å². The molecule has 3 heterocycles. The lowest BCUT2D eigenvalue weighted by molar-refractivity contribution is -0.645. The average molecular weight is 422 g/mol. The summed E-state index contributed by atoms with van der Waals surface area (Å²) in [6, 6.07) is 5.33. The summed E-state index contributed by atoms with van der Waals surface area (Å²) >= 11 is 6.21. The van der Waals surface area contributed by atoms with E-state index in [-0.39, 0.29) is 18.2 Å². The highest BCUT2D eigenvalue weighted by molar-refractivity contribution is 6.31. The first-order valence-electron chi connectivity index (χ1n) is 10.2. The molecule has 0 saturated carbocycles. The van der Waals surface area contributed by atoms with Crippen molar-refractivity contribution in [1.82, 2.24) is 19.5 Å². The standard InChI is InChI=1S/C19H28ClN7O2/c20-13-1-2-16-17(11-13)26(19(28)23-27(16)29)18(25-9-5-15(22)6-10-25)12-24-7-3-14(21)4-8-24/h1-2,11,14-15,18H,3-10,12,21-22H2. The third-order valence-electron chi connectivity index (χ3n) is 6.13. The fraction of sp³-hybridized carbons (Fsp3) is 0.632. The van der Waals surface area contributed by atoms with E-state index in [1.807, 2.05) is 0 Å². The number of nitrogens with two attached hydrogens (primary N) is 2. The quantitative estimate of drug-likeness (QED) is 0.527. The summed E-state index contributed by atoms with van der Waals surface area (Å²) in [5.74, 6) is 0. The second-order valence-corrected chi connectivity index (χ2v) is 8.59. The number of aromatic nitrogens is 3. The van der Waals surface area contributed by atoms with Gasteiger partial charge in [-0.05, 0) is 55.8 Å². The van der Waals surface area contributed by atoms with Gasteiger partial charge in [0.25, 0.3) is 5.52 Å². The van der Waals surface area contributed by atoms with Crippen LogP contribution in [-0.4, -0.2) is 64.3 Å². The molecule has 2 fully saturated rings. The van der Waals surface area contributed by atoms with Gasteiger partial charge in [-0.2, -0.15) is 0 Å². The number of halogens is 1. The molecule has 2 saturated heterocycles. The fourth-order valence-corrected chi connectivity index (χ4v) is 4.53. The Morgan fingerprint density at radius 3 is 2.41 bits per heavy atom. The van der Waals surface area contributed by atoms with Crippen LogP contribution in [-0.2, 0) is 0 Å². The summed E-state index contributed by atoms with van der Waals surface area (Å²) in [5, 5.41) is 16.4. The second-order valence-electron chi connectivity index (χ2n) is 8.15. The van der Waals surface area contributed by atoms with E-state index in [0.717, 1.165) is 51.9 Å². The van der Waals surface area contributed by atoms with E-state index in [0.29, 0.717) is 27.4 Å². The molecule has 0 radical (unpaired) electrons. The highest BCUT2D eigenvalue weighted by atomic mass is 35.5. The minimum atomic E-state index is -0.566. The molecule has 9 nitrogen and oxygen atoms in total. The lowest BCUT2D eigenvalue weighted by atomic mass is 10.0. The number of fused-ring (bicyclic) bond motifs is 1. The van der Waals surface area contributed by atoms with Crippen molar-refractivity contribution in [1.29, 1.82) is 0 Å². The van der Waals surface area contributed by atoms with Crippen molar-refractivity contribution >= 4 is 22.6 Å². The number of likely N-dealkylation sites (tertiary alicyclic amines) is 2. The predicted molar refractivity (Wildman–Crippen MR) is 111 cm³/mol. The van der Waals surface area contributed by atoms with Crippen molar-refractivity contribution in [3.05, 3.63) is 38.9 Å². The summed E-state index contributed by atoms with van der Waals surface area (Å²) in [6.07, 6.45) is 3.37. The molecular weight excluding hydrogens is 394 g/mol. The summed E-state index contributed by atoms with van der Waals surface area (Å²) in [5.41, 5.74) is 12.4. The molecule has 0 amide bonds. The summed E-state index contributed by atoms with van der Waals surface area (Å²) in [7, 11) is 0. The molecule has 0 aliphatic carbocycles. The zero-order valence-corrected chi connectivity index (χ0v) is 17.2. The zero-order valence-electron chi connectivity index (χ0n) is 16.4. The largest absolute Gasteiger partial charge is 0.594 e. The van der Waals surface area contributed by atoms with E-state index >= 15 is 0 Å². The Morgan fingerprint density at radius 1 is 1.14 bits per heavy atom. The molecule has 1 aromatic heterocycles. The van der Waals surface area contributed by atoms with E-state index in [9.17, 15) is 10.0 Å². The first-order chi connectivity index (χ1) is 13.9. The average Bonchev–Trinajstić information content (AvgIpc) is 2.69.